The Balaban J connectivity index is 1.96. The average Bonchev–Trinajstić information content (AvgIpc) is 3.27. The summed E-state index contributed by atoms with van der Waals surface area (Å²) in [6.45, 7) is 3.48. The van der Waals surface area contributed by atoms with Crippen LogP contribution in [0.2, 0.25) is 10.0 Å². The molecule has 12 heteroatoms. The minimum atomic E-state index is -3.86. The highest BCUT2D eigenvalue weighted by atomic mass is 35.5. The molecule has 1 N–H and O–H groups in total. The van der Waals surface area contributed by atoms with Crippen molar-refractivity contribution in [2.45, 2.75) is 32.9 Å². The fraction of sp³-hybridized carbons (Fsp3) is 0.391. The summed E-state index contributed by atoms with van der Waals surface area (Å²) in [7, 11) is -3.86. The van der Waals surface area contributed by atoms with Crippen molar-refractivity contribution in [3.63, 3.8) is 0 Å². The summed E-state index contributed by atoms with van der Waals surface area (Å²) in [5.74, 6) is -0.0308. The van der Waals surface area contributed by atoms with Gasteiger partial charge in [0.05, 0.1) is 22.0 Å². The lowest BCUT2D eigenvalue weighted by atomic mass is 10.1. The number of benzene rings is 2. The Kier molecular flexibility index (Phi) is 8.74. The number of amides is 2. The van der Waals surface area contributed by atoms with Crippen LogP contribution in [0.5, 0.6) is 11.5 Å². The number of nitrogens with zero attached hydrogens (tertiary/aromatic N) is 2. The van der Waals surface area contributed by atoms with Gasteiger partial charge in [0.25, 0.3) is 0 Å². The van der Waals surface area contributed by atoms with Crippen LogP contribution in [-0.4, -0.2) is 57.3 Å². The van der Waals surface area contributed by atoms with Crippen LogP contribution in [0, 0.1) is 0 Å². The molecule has 2 aromatic rings. The van der Waals surface area contributed by atoms with Gasteiger partial charge in [-0.1, -0.05) is 36.2 Å². The first-order valence-electron chi connectivity index (χ1n) is 10.9. The summed E-state index contributed by atoms with van der Waals surface area (Å²) in [6.07, 6.45) is 1.33. The Labute approximate surface area is 214 Å². The number of sulfonamides is 1. The van der Waals surface area contributed by atoms with E-state index < -0.39 is 28.5 Å². The van der Waals surface area contributed by atoms with Crippen LogP contribution in [-0.2, 0) is 26.2 Å². The van der Waals surface area contributed by atoms with E-state index in [4.69, 9.17) is 32.7 Å². The number of hydrogen-bond donors (Lipinski definition) is 1. The Morgan fingerprint density at radius 1 is 1.06 bits per heavy atom. The highest BCUT2D eigenvalue weighted by Gasteiger charge is 2.32. The van der Waals surface area contributed by atoms with Crippen LogP contribution >= 0.6 is 23.2 Å². The van der Waals surface area contributed by atoms with Crippen molar-refractivity contribution in [2.75, 3.05) is 30.4 Å². The molecule has 190 valence electrons. The van der Waals surface area contributed by atoms with Crippen LogP contribution in [0.1, 0.15) is 25.8 Å². The summed E-state index contributed by atoms with van der Waals surface area (Å²) in [6, 6.07) is 8.70. The number of likely N-dealkylation sites (N-methyl/N-ethyl adjacent to an activating group) is 1. The smallest absolute Gasteiger partial charge is 0.244 e. The molecule has 0 bridgehead atoms. The SMILES string of the molecule is CCNC(=O)[C@@H](CC)N(Cc1ccc(Cl)c(Cl)c1)C(=O)CN(c1ccc2c(c1)OCO2)S(C)(=O)=O. The Bertz CT molecular complexity index is 1210. The second-order valence-corrected chi connectivity index (χ2v) is 10.6. The van der Waals surface area contributed by atoms with Crippen molar-refractivity contribution in [1.82, 2.24) is 10.2 Å². The number of rotatable bonds is 10. The predicted octanol–water partition coefficient (Wildman–Crippen LogP) is 3.43. The quantitative estimate of drug-likeness (QED) is 0.492. The summed E-state index contributed by atoms with van der Waals surface area (Å²) < 4.78 is 37.0. The molecule has 0 spiro atoms. The Morgan fingerprint density at radius 2 is 1.77 bits per heavy atom. The van der Waals surface area contributed by atoms with Crippen LogP contribution in [0.25, 0.3) is 0 Å². The number of ether oxygens (including phenoxy) is 2. The molecule has 2 aromatic carbocycles. The van der Waals surface area contributed by atoms with Gasteiger partial charge in [0.2, 0.25) is 28.6 Å². The van der Waals surface area contributed by atoms with E-state index in [1.54, 1.807) is 38.1 Å². The van der Waals surface area contributed by atoms with Gasteiger partial charge >= 0.3 is 0 Å². The van der Waals surface area contributed by atoms with E-state index >= 15 is 0 Å². The van der Waals surface area contributed by atoms with E-state index in [0.717, 1.165) is 10.6 Å². The molecule has 2 amide bonds. The van der Waals surface area contributed by atoms with Crippen LogP contribution in [0.15, 0.2) is 36.4 Å². The zero-order chi connectivity index (χ0) is 25.8. The standard InChI is InChI=1S/C23H27Cl2N3O6S/c1-4-19(23(30)26-5-2)27(12-15-6-8-17(24)18(25)10-15)22(29)13-28(35(3,31)32)16-7-9-20-21(11-16)34-14-33-20/h6-11,19H,4-5,12-14H2,1-3H3,(H,26,30)/t19-/m1/s1. The molecule has 0 unspecified atom stereocenters. The normalized spacial score (nSPS) is 13.3. The molecular weight excluding hydrogens is 517 g/mol. The zero-order valence-corrected chi connectivity index (χ0v) is 21.9. The highest BCUT2D eigenvalue weighted by Crippen LogP contribution is 2.36. The third-order valence-corrected chi connectivity index (χ3v) is 7.28. The van der Waals surface area contributed by atoms with Crippen molar-refractivity contribution in [3.05, 3.63) is 52.0 Å². The zero-order valence-electron chi connectivity index (χ0n) is 19.6. The number of carbonyl (C=O) groups is 2. The number of anilines is 1. The number of nitrogens with one attached hydrogen (secondary N) is 1. The molecule has 1 atom stereocenters. The van der Waals surface area contributed by atoms with Crippen molar-refractivity contribution in [2.24, 2.45) is 0 Å². The molecule has 3 rings (SSSR count). The summed E-state index contributed by atoms with van der Waals surface area (Å²) in [5.41, 5.74) is 0.884. The first kappa shape index (κ1) is 26.9. The molecule has 0 saturated heterocycles. The molecule has 0 aliphatic carbocycles. The largest absolute Gasteiger partial charge is 0.454 e. The van der Waals surface area contributed by atoms with Gasteiger partial charge in [-0.2, -0.15) is 0 Å². The summed E-state index contributed by atoms with van der Waals surface area (Å²) in [5, 5.41) is 3.40. The third-order valence-electron chi connectivity index (χ3n) is 5.40. The fourth-order valence-electron chi connectivity index (χ4n) is 3.70. The molecule has 1 aliphatic rings. The maximum Gasteiger partial charge on any atom is 0.244 e. The number of halogens is 2. The van der Waals surface area contributed by atoms with Gasteiger partial charge in [0.15, 0.2) is 11.5 Å². The number of fused-ring (bicyclic) bond motifs is 1. The lowest BCUT2D eigenvalue weighted by Crippen LogP contribution is -2.52. The van der Waals surface area contributed by atoms with Gasteiger partial charge in [-0.15, -0.1) is 0 Å². The van der Waals surface area contributed by atoms with Gasteiger partial charge in [-0.05, 0) is 43.2 Å². The predicted molar refractivity (Wildman–Crippen MR) is 135 cm³/mol. The molecule has 0 saturated carbocycles. The van der Waals surface area contributed by atoms with Crippen molar-refractivity contribution < 1.29 is 27.5 Å². The summed E-state index contributed by atoms with van der Waals surface area (Å²) >= 11 is 12.2. The first-order chi connectivity index (χ1) is 16.5. The molecule has 0 radical (unpaired) electrons. The molecular formula is C23H27Cl2N3O6S. The van der Waals surface area contributed by atoms with E-state index in [1.807, 2.05) is 0 Å². The Hall–Kier alpha value is -2.69. The molecule has 0 fully saturated rings. The van der Waals surface area contributed by atoms with Crippen molar-refractivity contribution >= 4 is 50.7 Å². The van der Waals surface area contributed by atoms with E-state index in [-0.39, 0.29) is 24.9 Å². The molecule has 1 heterocycles. The Morgan fingerprint density at radius 3 is 2.40 bits per heavy atom. The average molecular weight is 544 g/mol. The lowest BCUT2D eigenvalue weighted by molar-refractivity contribution is -0.140. The minimum Gasteiger partial charge on any atom is -0.454 e. The van der Waals surface area contributed by atoms with Gasteiger partial charge in [0.1, 0.15) is 12.6 Å². The van der Waals surface area contributed by atoms with Gasteiger partial charge in [-0.25, -0.2) is 8.42 Å². The van der Waals surface area contributed by atoms with E-state index in [0.29, 0.717) is 40.1 Å². The monoisotopic (exact) mass is 543 g/mol. The topological polar surface area (TPSA) is 105 Å². The molecule has 9 nitrogen and oxygen atoms in total. The van der Waals surface area contributed by atoms with Gasteiger partial charge in [-0.3, -0.25) is 13.9 Å². The number of carbonyl (C=O) groups excluding carboxylic acids is 2. The van der Waals surface area contributed by atoms with Crippen molar-refractivity contribution in [1.29, 1.82) is 0 Å². The molecule has 35 heavy (non-hydrogen) atoms. The second kappa shape index (κ2) is 11.4. The van der Waals surface area contributed by atoms with E-state index in [2.05, 4.69) is 5.32 Å². The minimum absolute atomic E-state index is 0.0265. The van der Waals surface area contributed by atoms with Crippen LogP contribution < -0.4 is 19.1 Å². The number of hydrogen-bond acceptors (Lipinski definition) is 6. The summed E-state index contributed by atoms with van der Waals surface area (Å²) in [4.78, 5) is 27.8. The second-order valence-electron chi connectivity index (χ2n) is 7.90. The fourth-order valence-corrected chi connectivity index (χ4v) is 4.86. The van der Waals surface area contributed by atoms with Crippen molar-refractivity contribution in [3.8, 4) is 11.5 Å². The highest BCUT2D eigenvalue weighted by molar-refractivity contribution is 7.92. The molecule has 1 aliphatic heterocycles. The van der Waals surface area contributed by atoms with E-state index in [9.17, 15) is 18.0 Å². The van der Waals surface area contributed by atoms with Gasteiger partial charge in [0, 0.05) is 19.2 Å². The molecule has 0 aromatic heterocycles. The van der Waals surface area contributed by atoms with Crippen LogP contribution in [0.4, 0.5) is 5.69 Å². The van der Waals surface area contributed by atoms with E-state index in [1.165, 1.54) is 17.0 Å². The van der Waals surface area contributed by atoms with Gasteiger partial charge < -0.3 is 19.7 Å². The lowest BCUT2D eigenvalue weighted by Gasteiger charge is -2.32. The maximum absolute atomic E-state index is 13.6. The maximum atomic E-state index is 13.6. The first-order valence-corrected chi connectivity index (χ1v) is 13.5. The van der Waals surface area contributed by atoms with Crippen LogP contribution in [0.3, 0.4) is 0 Å². The third kappa shape index (κ3) is 6.50.